The Bertz CT molecular complexity index is 907. The second-order valence-corrected chi connectivity index (χ2v) is 7.89. The molecule has 2 aromatic carbocycles. The van der Waals surface area contributed by atoms with Gasteiger partial charge in [0.05, 0.1) is 6.61 Å². The highest BCUT2D eigenvalue weighted by Crippen LogP contribution is 2.27. The summed E-state index contributed by atoms with van der Waals surface area (Å²) in [6.07, 6.45) is 11.1. The molecular formula is C26H31NO2. The topological polar surface area (TPSA) is 38.3 Å². The molecule has 29 heavy (non-hydrogen) atoms. The summed E-state index contributed by atoms with van der Waals surface area (Å²) in [5.41, 5.74) is 4.92. The molecule has 1 amide bonds. The quantitative estimate of drug-likeness (QED) is 0.504. The zero-order valence-electron chi connectivity index (χ0n) is 17.7. The molecule has 1 aliphatic carbocycles. The summed E-state index contributed by atoms with van der Waals surface area (Å²) < 4.78 is 5.88. The van der Waals surface area contributed by atoms with Crippen LogP contribution in [0.15, 0.2) is 60.2 Å². The van der Waals surface area contributed by atoms with Crippen LogP contribution in [0.5, 0.6) is 5.75 Å². The SMILES string of the molecule is CC/C(C)=C/C=C\c1cc(C(=O)Nc2cccc(OCC3CCC3)c2)ccc1C. The van der Waals surface area contributed by atoms with E-state index in [1.807, 2.05) is 48.5 Å². The predicted molar refractivity (Wildman–Crippen MR) is 121 cm³/mol. The lowest BCUT2D eigenvalue weighted by atomic mass is 9.86. The number of allylic oxidation sites excluding steroid dienone is 3. The highest BCUT2D eigenvalue weighted by Gasteiger charge is 2.18. The van der Waals surface area contributed by atoms with Crippen LogP contribution in [-0.2, 0) is 0 Å². The van der Waals surface area contributed by atoms with Gasteiger partial charge in [-0.05, 0) is 74.4 Å². The minimum Gasteiger partial charge on any atom is -0.493 e. The minimum atomic E-state index is -0.115. The number of carbonyl (C=O) groups excluding carboxylic acids is 1. The fourth-order valence-electron chi connectivity index (χ4n) is 3.14. The van der Waals surface area contributed by atoms with Crippen LogP contribution in [0.2, 0.25) is 0 Å². The third-order valence-electron chi connectivity index (χ3n) is 5.56. The summed E-state index contributed by atoms with van der Waals surface area (Å²) in [5.74, 6) is 1.37. The van der Waals surface area contributed by atoms with Gasteiger partial charge in [-0.3, -0.25) is 4.79 Å². The number of benzene rings is 2. The summed E-state index contributed by atoms with van der Waals surface area (Å²) in [5, 5.41) is 2.99. The fraction of sp³-hybridized carbons (Fsp3) is 0.346. The summed E-state index contributed by atoms with van der Waals surface area (Å²) in [6.45, 7) is 7.08. The van der Waals surface area contributed by atoms with Gasteiger partial charge in [-0.25, -0.2) is 0 Å². The maximum Gasteiger partial charge on any atom is 0.255 e. The predicted octanol–water partition coefficient (Wildman–Crippen LogP) is 6.80. The van der Waals surface area contributed by atoms with Gasteiger partial charge in [0.15, 0.2) is 0 Å². The summed E-state index contributed by atoms with van der Waals surface area (Å²) >= 11 is 0. The van der Waals surface area contributed by atoms with E-state index in [2.05, 4.69) is 38.2 Å². The molecular weight excluding hydrogens is 358 g/mol. The van der Waals surface area contributed by atoms with E-state index in [4.69, 9.17) is 4.74 Å². The van der Waals surface area contributed by atoms with Gasteiger partial charge in [0, 0.05) is 17.3 Å². The molecule has 0 aliphatic heterocycles. The third-order valence-corrected chi connectivity index (χ3v) is 5.56. The molecule has 3 heteroatoms. The van der Waals surface area contributed by atoms with Gasteiger partial charge in [0.1, 0.15) is 5.75 Å². The first-order valence-electron chi connectivity index (χ1n) is 10.5. The van der Waals surface area contributed by atoms with Crippen molar-refractivity contribution >= 4 is 17.7 Å². The average Bonchev–Trinajstić information content (AvgIpc) is 2.68. The molecule has 0 aromatic heterocycles. The van der Waals surface area contributed by atoms with Crippen molar-refractivity contribution in [2.24, 2.45) is 5.92 Å². The van der Waals surface area contributed by atoms with E-state index in [0.29, 0.717) is 11.5 Å². The van der Waals surface area contributed by atoms with E-state index < -0.39 is 0 Å². The Hall–Kier alpha value is -2.81. The Kier molecular flexibility index (Phi) is 7.29. The largest absolute Gasteiger partial charge is 0.493 e. The van der Waals surface area contributed by atoms with Crippen molar-refractivity contribution in [3.8, 4) is 5.75 Å². The molecule has 3 rings (SSSR count). The van der Waals surface area contributed by atoms with Crippen LogP contribution in [0.25, 0.3) is 6.08 Å². The number of carbonyl (C=O) groups is 1. The maximum atomic E-state index is 12.8. The van der Waals surface area contributed by atoms with Crippen molar-refractivity contribution in [2.45, 2.75) is 46.5 Å². The molecule has 0 atom stereocenters. The van der Waals surface area contributed by atoms with Gasteiger partial charge < -0.3 is 10.1 Å². The standard InChI is InChI=1S/C26H31NO2/c1-4-19(2)8-5-11-22-16-23(15-14-20(22)3)26(28)27-24-12-7-13-25(17-24)29-18-21-9-6-10-21/h5,7-8,11-17,21H,4,6,9-10,18H2,1-3H3,(H,27,28)/b11-5-,19-8+. The first-order chi connectivity index (χ1) is 14.0. The first kappa shape index (κ1) is 20.9. The van der Waals surface area contributed by atoms with Crippen molar-refractivity contribution in [1.29, 1.82) is 0 Å². The summed E-state index contributed by atoms with van der Waals surface area (Å²) in [7, 11) is 0. The van der Waals surface area contributed by atoms with Gasteiger partial charge in [-0.2, -0.15) is 0 Å². The minimum absolute atomic E-state index is 0.115. The molecule has 0 saturated heterocycles. The van der Waals surface area contributed by atoms with E-state index >= 15 is 0 Å². The van der Waals surface area contributed by atoms with Gasteiger partial charge in [-0.1, -0.05) is 49.3 Å². The molecule has 0 radical (unpaired) electrons. The lowest BCUT2D eigenvalue weighted by Crippen LogP contribution is -2.19. The third kappa shape index (κ3) is 6.08. The highest BCUT2D eigenvalue weighted by molar-refractivity contribution is 6.04. The van der Waals surface area contributed by atoms with E-state index in [1.165, 1.54) is 24.8 Å². The van der Waals surface area contributed by atoms with Crippen LogP contribution < -0.4 is 10.1 Å². The van der Waals surface area contributed by atoms with Crippen LogP contribution in [0.1, 0.15) is 61.0 Å². The van der Waals surface area contributed by atoms with Gasteiger partial charge in [0.2, 0.25) is 0 Å². The molecule has 2 aromatic rings. The molecule has 0 heterocycles. The molecule has 0 bridgehead atoms. The fourth-order valence-corrected chi connectivity index (χ4v) is 3.14. The number of nitrogens with one attached hydrogen (secondary N) is 1. The number of hydrogen-bond acceptors (Lipinski definition) is 2. The molecule has 0 spiro atoms. The molecule has 152 valence electrons. The van der Waals surface area contributed by atoms with E-state index in [-0.39, 0.29) is 5.91 Å². The van der Waals surface area contributed by atoms with Crippen LogP contribution in [0.3, 0.4) is 0 Å². The zero-order valence-corrected chi connectivity index (χ0v) is 17.7. The van der Waals surface area contributed by atoms with Crippen molar-refractivity contribution in [3.05, 3.63) is 76.9 Å². The Morgan fingerprint density at radius 2 is 2.03 bits per heavy atom. The average molecular weight is 390 g/mol. The Labute approximate surface area is 174 Å². The Balaban J connectivity index is 1.66. The van der Waals surface area contributed by atoms with Crippen LogP contribution in [-0.4, -0.2) is 12.5 Å². The summed E-state index contributed by atoms with van der Waals surface area (Å²) in [6, 6.07) is 13.4. The Morgan fingerprint density at radius 1 is 1.21 bits per heavy atom. The van der Waals surface area contributed by atoms with E-state index in [0.717, 1.165) is 35.6 Å². The van der Waals surface area contributed by atoms with Crippen molar-refractivity contribution < 1.29 is 9.53 Å². The van der Waals surface area contributed by atoms with Crippen molar-refractivity contribution in [1.82, 2.24) is 0 Å². The van der Waals surface area contributed by atoms with Gasteiger partial charge in [0.25, 0.3) is 5.91 Å². The zero-order chi connectivity index (χ0) is 20.6. The maximum absolute atomic E-state index is 12.8. The van der Waals surface area contributed by atoms with E-state index in [1.54, 1.807) is 0 Å². The van der Waals surface area contributed by atoms with E-state index in [9.17, 15) is 4.79 Å². The first-order valence-corrected chi connectivity index (χ1v) is 10.5. The van der Waals surface area contributed by atoms with Crippen LogP contribution in [0, 0.1) is 12.8 Å². The monoisotopic (exact) mass is 389 g/mol. The second kappa shape index (κ2) is 10.1. The molecule has 1 saturated carbocycles. The van der Waals surface area contributed by atoms with Crippen molar-refractivity contribution in [2.75, 3.05) is 11.9 Å². The lowest BCUT2D eigenvalue weighted by Gasteiger charge is -2.25. The molecule has 0 unspecified atom stereocenters. The number of anilines is 1. The number of hydrogen-bond donors (Lipinski definition) is 1. The van der Waals surface area contributed by atoms with Crippen molar-refractivity contribution in [3.63, 3.8) is 0 Å². The molecule has 1 aliphatic rings. The number of amides is 1. The highest BCUT2D eigenvalue weighted by atomic mass is 16.5. The second-order valence-electron chi connectivity index (χ2n) is 7.89. The smallest absolute Gasteiger partial charge is 0.255 e. The van der Waals surface area contributed by atoms with Crippen LogP contribution >= 0.6 is 0 Å². The van der Waals surface area contributed by atoms with Gasteiger partial charge in [-0.15, -0.1) is 0 Å². The molecule has 3 nitrogen and oxygen atoms in total. The number of aryl methyl sites for hydroxylation is 1. The number of rotatable bonds is 8. The molecule has 1 N–H and O–H groups in total. The van der Waals surface area contributed by atoms with Crippen LogP contribution in [0.4, 0.5) is 5.69 Å². The Morgan fingerprint density at radius 3 is 2.76 bits per heavy atom. The summed E-state index contributed by atoms with van der Waals surface area (Å²) in [4.78, 5) is 12.8. The molecule has 1 fully saturated rings. The lowest BCUT2D eigenvalue weighted by molar-refractivity contribution is 0.102. The normalized spacial score (nSPS) is 14.7. The number of ether oxygens (including phenoxy) is 1. The van der Waals surface area contributed by atoms with Gasteiger partial charge >= 0.3 is 0 Å².